The number of fused-ring (bicyclic) bond motifs is 1. The molecule has 0 aliphatic carbocycles. The van der Waals surface area contributed by atoms with Crippen LogP contribution in [0.15, 0.2) is 47.4 Å². The predicted molar refractivity (Wildman–Crippen MR) is 126 cm³/mol. The Morgan fingerprint density at radius 2 is 2.09 bits per heavy atom. The molecule has 1 amide bonds. The van der Waals surface area contributed by atoms with Crippen molar-refractivity contribution in [2.24, 2.45) is 0 Å². The van der Waals surface area contributed by atoms with Crippen LogP contribution in [0, 0.1) is 0 Å². The number of hydrogen-bond donors (Lipinski definition) is 2. The maximum atomic E-state index is 12.9. The van der Waals surface area contributed by atoms with Crippen LogP contribution < -0.4 is 20.1 Å². The number of phenolic OH excluding ortho intramolecular Hbond substituents is 1. The van der Waals surface area contributed by atoms with E-state index in [9.17, 15) is 19.1 Å². The van der Waals surface area contributed by atoms with Gasteiger partial charge in [-0.05, 0) is 42.3 Å². The zero-order valence-electron chi connectivity index (χ0n) is 17.5. The molecule has 0 bridgehead atoms. The SMILES string of the molecule is COc1cc(C=c2sc3nc(-c4ccc(C(=O)NCCCF)cc4)cn3c2=O)cc(Cl)c1O. The van der Waals surface area contributed by atoms with Gasteiger partial charge in [-0.1, -0.05) is 35.1 Å². The first-order chi connectivity index (χ1) is 15.9. The van der Waals surface area contributed by atoms with Crippen LogP contribution in [0.3, 0.4) is 0 Å². The molecular formula is C23H19ClFN3O4S. The fourth-order valence-corrected chi connectivity index (χ4v) is 4.39. The summed E-state index contributed by atoms with van der Waals surface area (Å²) in [4.78, 5) is 30.0. The number of amides is 1. The highest BCUT2D eigenvalue weighted by atomic mass is 35.5. The molecule has 2 heterocycles. The number of imidazole rings is 1. The van der Waals surface area contributed by atoms with Gasteiger partial charge in [0, 0.05) is 23.9 Å². The van der Waals surface area contributed by atoms with E-state index in [4.69, 9.17) is 16.3 Å². The zero-order chi connectivity index (χ0) is 23.5. The minimum atomic E-state index is -0.477. The van der Waals surface area contributed by atoms with Crippen LogP contribution >= 0.6 is 22.9 Å². The van der Waals surface area contributed by atoms with Gasteiger partial charge in [0.15, 0.2) is 16.5 Å². The molecule has 170 valence electrons. The largest absolute Gasteiger partial charge is 0.503 e. The Hall–Kier alpha value is -3.43. The predicted octanol–water partition coefficient (Wildman–Crippen LogP) is 3.43. The Labute approximate surface area is 196 Å². The van der Waals surface area contributed by atoms with Crippen LogP contribution in [0.25, 0.3) is 22.3 Å². The van der Waals surface area contributed by atoms with Gasteiger partial charge >= 0.3 is 0 Å². The maximum Gasteiger partial charge on any atom is 0.274 e. The number of ether oxygens (including phenoxy) is 1. The number of alkyl halides is 1. The van der Waals surface area contributed by atoms with Crippen LogP contribution in [0.5, 0.6) is 11.5 Å². The average molecular weight is 488 g/mol. The summed E-state index contributed by atoms with van der Waals surface area (Å²) in [6, 6.07) is 9.95. The number of hydrogen-bond acceptors (Lipinski definition) is 6. The van der Waals surface area contributed by atoms with Crippen molar-refractivity contribution in [3.63, 3.8) is 0 Å². The second kappa shape index (κ2) is 9.60. The molecule has 0 aliphatic heterocycles. The normalized spacial score (nSPS) is 11.8. The molecule has 0 fully saturated rings. The van der Waals surface area contributed by atoms with E-state index in [0.29, 0.717) is 26.3 Å². The Balaban J connectivity index is 1.61. The van der Waals surface area contributed by atoms with Crippen LogP contribution in [0.2, 0.25) is 5.02 Å². The smallest absolute Gasteiger partial charge is 0.274 e. The van der Waals surface area contributed by atoms with Crippen LogP contribution in [-0.2, 0) is 0 Å². The Morgan fingerprint density at radius 3 is 2.76 bits per heavy atom. The van der Waals surface area contributed by atoms with Gasteiger partial charge < -0.3 is 15.2 Å². The molecule has 0 aliphatic rings. The Kier molecular flexibility index (Phi) is 6.62. The lowest BCUT2D eigenvalue weighted by atomic mass is 10.1. The fourth-order valence-electron chi connectivity index (χ4n) is 3.22. The van der Waals surface area contributed by atoms with Crippen molar-refractivity contribution in [1.29, 1.82) is 0 Å². The van der Waals surface area contributed by atoms with Gasteiger partial charge in [0.2, 0.25) is 0 Å². The lowest BCUT2D eigenvalue weighted by Gasteiger charge is -2.05. The van der Waals surface area contributed by atoms with E-state index in [0.717, 1.165) is 5.56 Å². The molecule has 4 aromatic rings. The molecular weight excluding hydrogens is 469 g/mol. The quantitative estimate of drug-likeness (QED) is 0.390. The lowest BCUT2D eigenvalue weighted by molar-refractivity contribution is 0.0952. The van der Waals surface area contributed by atoms with E-state index >= 15 is 0 Å². The number of methoxy groups -OCH3 is 1. The van der Waals surface area contributed by atoms with E-state index < -0.39 is 6.67 Å². The van der Waals surface area contributed by atoms with Gasteiger partial charge in [-0.15, -0.1) is 0 Å². The molecule has 0 atom stereocenters. The summed E-state index contributed by atoms with van der Waals surface area (Å²) in [5, 5.41) is 12.7. The standard InChI is InChI=1S/C23H19ClFN3O4S/c1-32-18-10-13(9-16(24)20(18)29)11-19-22(31)28-12-17(27-23(28)33-19)14-3-5-15(6-4-14)21(30)26-8-2-7-25/h3-6,9-12,29H,2,7-8H2,1H3,(H,26,30). The number of nitrogens with one attached hydrogen (secondary N) is 1. The molecule has 0 spiro atoms. The van der Waals surface area contributed by atoms with E-state index in [-0.39, 0.29) is 41.0 Å². The van der Waals surface area contributed by atoms with Gasteiger partial charge in [0.1, 0.15) is 0 Å². The second-order valence-corrected chi connectivity index (χ2v) is 8.54. The molecule has 0 radical (unpaired) electrons. The Bertz CT molecular complexity index is 1430. The number of carbonyl (C=O) groups excluding carboxylic acids is 1. The summed E-state index contributed by atoms with van der Waals surface area (Å²) in [6.07, 6.45) is 3.58. The molecule has 0 saturated carbocycles. The molecule has 10 heteroatoms. The third kappa shape index (κ3) is 4.69. The number of aromatic hydroxyl groups is 1. The van der Waals surface area contributed by atoms with Crippen molar-refractivity contribution >= 4 is 39.9 Å². The molecule has 2 aromatic heterocycles. The summed E-state index contributed by atoms with van der Waals surface area (Å²) in [7, 11) is 1.42. The van der Waals surface area contributed by atoms with E-state index in [1.54, 1.807) is 48.7 Å². The first-order valence-corrected chi connectivity index (χ1v) is 11.2. The summed E-state index contributed by atoms with van der Waals surface area (Å²) < 4.78 is 19.2. The number of thiazole rings is 1. The highest BCUT2D eigenvalue weighted by molar-refractivity contribution is 7.15. The summed E-state index contributed by atoms with van der Waals surface area (Å²) in [6.45, 7) is -0.197. The summed E-state index contributed by atoms with van der Waals surface area (Å²) >= 11 is 7.25. The lowest BCUT2D eigenvalue weighted by Crippen LogP contribution is -2.24. The monoisotopic (exact) mass is 487 g/mol. The van der Waals surface area contributed by atoms with Gasteiger partial charge in [0.25, 0.3) is 11.5 Å². The molecule has 2 aromatic carbocycles. The minimum Gasteiger partial charge on any atom is -0.503 e. The molecule has 0 unspecified atom stereocenters. The zero-order valence-corrected chi connectivity index (χ0v) is 19.0. The third-order valence-corrected chi connectivity index (χ3v) is 6.18. The molecule has 4 rings (SSSR count). The molecule has 0 saturated heterocycles. The summed E-state index contributed by atoms with van der Waals surface area (Å²) in [5.74, 6) is -0.217. The summed E-state index contributed by atoms with van der Waals surface area (Å²) in [5.41, 5.74) is 2.19. The number of phenols is 1. The third-order valence-electron chi connectivity index (χ3n) is 4.91. The highest BCUT2D eigenvalue weighted by Crippen LogP contribution is 2.35. The average Bonchev–Trinajstić information content (AvgIpc) is 3.35. The van der Waals surface area contributed by atoms with Gasteiger partial charge in [-0.2, -0.15) is 0 Å². The van der Waals surface area contributed by atoms with Gasteiger partial charge in [0.05, 0.1) is 29.0 Å². The minimum absolute atomic E-state index is 0.121. The number of nitrogens with zero attached hydrogens (tertiary/aromatic N) is 2. The van der Waals surface area contributed by atoms with Crippen molar-refractivity contribution in [3.05, 3.63) is 73.6 Å². The highest BCUT2D eigenvalue weighted by Gasteiger charge is 2.13. The van der Waals surface area contributed by atoms with E-state index in [1.807, 2.05) is 0 Å². The van der Waals surface area contributed by atoms with Crippen LogP contribution in [-0.4, -0.2) is 40.7 Å². The first-order valence-electron chi connectivity index (χ1n) is 9.96. The molecule has 2 N–H and O–H groups in total. The topological polar surface area (TPSA) is 92.9 Å². The van der Waals surface area contributed by atoms with Gasteiger partial charge in [-0.25, -0.2) is 4.98 Å². The van der Waals surface area contributed by atoms with Crippen molar-refractivity contribution in [2.45, 2.75) is 6.42 Å². The fraction of sp³-hybridized carbons (Fsp3) is 0.174. The van der Waals surface area contributed by atoms with Crippen molar-refractivity contribution < 1.29 is 19.0 Å². The number of halogens is 2. The van der Waals surface area contributed by atoms with Gasteiger partial charge in [-0.3, -0.25) is 18.4 Å². The van der Waals surface area contributed by atoms with Crippen LogP contribution in [0.4, 0.5) is 4.39 Å². The van der Waals surface area contributed by atoms with E-state index in [2.05, 4.69) is 10.3 Å². The van der Waals surface area contributed by atoms with Crippen molar-refractivity contribution in [1.82, 2.24) is 14.7 Å². The number of benzene rings is 2. The maximum absolute atomic E-state index is 12.9. The Morgan fingerprint density at radius 1 is 1.33 bits per heavy atom. The van der Waals surface area contributed by atoms with Crippen LogP contribution in [0.1, 0.15) is 22.3 Å². The number of rotatable bonds is 7. The number of carbonyl (C=O) groups is 1. The second-order valence-electron chi connectivity index (χ2n) is 7.12. The molecule has 7 nitrogen and oxygen atoms in total. The van der Waals surface area contributed by atoms with E-state index in [1.165, 1.54) is 22.8 Å². The van der Waals surface area contributed by atoms with Crippen molar-refractivity contribution in [2.75, 3.05) is 20.3 Å². The molecule has 33 heavy (non-hydrogen) atoms. The number of aromatic nitrogens is 2. The van der Waals surface area contributed by atoms with Crippen molar-refractivity contribution in [3.8, 4) is 22.8 Å². The first kappa shape index (κ1) is 22.8.